The topological polar surface area (TPSA) is 79.4 Å². The zero-order chi connectivity index (χ0) is 28.7. The number of benzene rings is 2. The third-order valence-electron chi connectivity index (χ3n) is 6.87. The highest BCUT2D eigenvalue weighted by atomic mass is 32.2. The number of anilines is 1. The first-order valence-electron chi connectivity index (χ1n) is 12.4. The average molecular weight is 584 g/mol. The maximum absolute atomic E-state index is 14.7. The quantitative estimate of drug-likeness (QED) is 0.304. The molecule has 4 rings (SSSR count). The van der Waals surface area contributed by atoms with E-state index in [-0.39, 0.29) is 40.5 Å². The lowest BCUT2D eigenvalue weighted by Crippen LogP contribution is -2.30. The van der Waals surface area contributed by atoms with Gasteiger partial charge in [-0.15, -0.1) is 11.3 Å². The first kappa shape index (κ1) is 29.2. The van der Waals surface area contributed by atoms with Gasteiger partial charge >= 0.3 is 6.18 Å². The number of nitrogens with one attached hydrogen (secondary N) is 1. The number of fused-ring (bicyclic) bond motifs is 1. The number of hydrogen-bond donors (Lipinski definition) is 1. The van der Waals surface area contributed by atoms with E-state index in [2.05, 4.69) is 10.3 Å². The molecule has 0 saturated heterocycles. The van der Waals surface area contributed by atoms with Crippen molar-refractivity contribution in [2.75, 3.05) is 11.1 Å². The molecule has 0 aliphatic carbocycles. The summed E-state index contributed by atoms with van der Waals surface area (Å²) in [6.45, 7) is 7.72. The van der Waals surface area contributed by atoms with E-state index in [1.54, 1.807) is 26.0 Å². The van der Waals surface area contributed by atoms with Crippen molar-refractivity contribution >= 4 is 32.2 Å². The van der Waals surface area contributed by atoms with Crippen molar-refractivity contribution in [3.8, 4) is 0 Å². The summed E-state index contributed by atoms with van der Waals surface area (Å²) in [5, 5.41) is 3.23. The normalized spacial score (nSPS) is 16.9. The Morgan fingerprint density at radius 2 is 1.82 bits per heavy atom. The maximum atomic E-state index is 14.7. The molecule has 1 aromatic heterocycles. The van der Waals surface area contributed by atoms with Crippen molar-refractivity contribution in [1.29, 1.82) is 0 Å². The van der Waals surface area contributed by atoms with Crippen LogP contribution in [0.4, 0.5) is 22.7 Å². The summed E-state index contributed by atoms with van der Waals surface area (Å²) in [4.78, 5) is 20.4. The molecule has 39 heavy (non-hydrogen) atoms. The van der Waals surface area contributed by atoms with E-state index in [0.717, 1.165) is 16.6 Å². The van der Waals surface area contributed by atoms with E-state index in [9.17, 15) is 30.8 Å². The molecule has 0 unspecified atom stereocenters. The van der Waals surface area contributed by atoms with Crippen LogP contribution in [0.3, 0.4) is 0 Å². The summed E-state index contributed by atoms with van der Waals surface area (Å²) in [5.74, 6) is -1.15. The van der Waals surface area contributed by atoms with Crippen molar-refractivity contribution in [2.45, 2.75) is 63.8 Å². The van der Waals surface area contributed by atoms with Gasteiger partial charge in [0.1, 0.15) is 5.82 Å². The number of halogens is 4. The molecule has 2 aromatic carbocycles. The van der Waals surface area contributed by atoms with Crippen LogP contribution in [-0.4, -0.2) is 30.0 Å². The number of alkyl halides is 3. The van der Waals surface area contributed by atoms with Crippen LogP contribution >= 0.6 is 11.3 Å². The van der Waals surface area contributed by atoms with Gasteiger partial charge in [0.2, 0.25) is 5.91 Å². The lowest BCUT2D eigenvalue weighted by atomic mass is 9.97. The standard InChI is InChI=1S/C27H29F4N3O3S2/c1-5-39(36,37)19-9-6-17(7-10-19)12-23(35)32-26-33-24-22(38-26)14-34(25(24)15(2)3)16(4)20-11-8-18(13-21(20)28)27(29,30)31/h6-11,13,15-16,25H,5,12,14H2,1-4H3,(H,32,33,35)/t16-,25+/m1/s1. The summed E-state index contributed by atoms with van der Waals surface area (Å²) in [6, 6.07) is 8.10. The molecule has 1 aliphatic rings. The molecular formula is C27H29F4N3O3S2. The minimum Gasteiger partial charge on any atom is -0.302 e. The zero-order valence-corrected chi connectivity index (χ0v) is 23.5. The number of carbonyl (C=O) groups excluding carboxylic acids is 1. The van der Waals surface area contributed by atoms with Crippen molar-refractivity contribution in [3.63, 3.8) is 0 Å². The van der Waals surface area contributed by atoms with E-state index < -0.39 is 33.4 Å². The van der Waals surface area contributed by atoms with Crippen molar-refractivity contribution in [2.24, 2.45) is 5.92 Å². The molecule has 12 heteroatoms. The van der Waals surface area contributed by atoms with Crippen LogP contribution in [0.5, 0.6) is 0 Å². The van der Waals surface area contributed by atoms with Crippen LogP contribution in [-0.2, 0) is 33.8 Å². The minimum absolute atomic E-state index is 0.00555. The first-order chi connectivity index (χ1) is 18.2. The van der Waals surface area contributed by atoms with Gasteiger partial charge in [-0.3, -0.25) is 9.69 Å². The summed E-state index contributed by atoms with van der Waals surface area (Å²) in [5.41, 5.74) is 0.569. The number of rotatable bonds is 8. The second-order valence-electron chi connectivity index (χ2n) is 9.87. The van der Waals surface area contributed by atoms with Gasteiger partial charge in [0, 0.05) is 23.0 Å². The molecular weight excluding hydrogens is 554 g/mol. The van der Waals surface area contributed by atoms with Crippen LogP contribution in [0.25, 0.3) is 0 Å². The Labute approximate surface area is 229 Å². The molecule has 0 spiro atoms. The van der Waals surface area contributed by atoms with Gasteiger partial charge in [0.15, 0.2) is 15.0 Å². The molecule has 6 nitrogen and oxygen atoms in total. The highest BCUT2D eigenvalue weighted by Crippen LogP contribution is 2.46. The van der Waals surface area contributed by atoms with Crippen molar-refractivity contribution < 1.29 is 30.8 Å². The number of sulfone groups is 1. The third-order valence-corrected chi connectivity index (χ3v) is 9.59. The Balaban J connectivity index is 1.47. The van der Waals surface area contributed by atoms with E-state index in [0.29, 0.717) is 23.3 Å². The number of hydrogen-bond acceptors (Lipinski definition) is 6. The predicted molar refractivity (Wildman–Crippen MR) is 142 cm³/mol. The van der Waals surface area contributed by atoms with Crippen LogP contribution in [0.2, 0.25) is 0 Å². The molecule has 0 saturated carbocycles. The second-order valence-corrected chi connectivity index (χ2v) is 13.2. The summed E-state index contributed by atoms with van der Waals surface area (Å²) in [7, 11) is -3.32. The van der Waals surface area contributed by atoms with Crippen LogP contribution in [0.15, 0.2) is 47.4 Å². The van der Waals surface area contributed by atoms with E-state index >= 15 is 0 Å². The van der Waals surface area contributed by atoms with Gasteiger partial charge in [-0.05, 0) is 42.7 Å². The molecule has 0 bridgehead atoms. The van der Waals surface area contributed by atoms with Crippen LogP contribution in [0, 0.1) is 11.7 Å². The second kappa shape index (κ2) is 11.0. The monoisotopic (exact) mass is 583 g/mol. The van der Waals surface area contributed by atoms with Crippen molar-refractivity contribution in [1.82, 2.24) is 9.88 Å². The number of thiazole rings is 1. The number of nitrogens with zero attached hydrogens (tertiary/aromatic N) is 2. The Hall–Kier alpha value is -2.83. The Kier molecular flexibility index (Phi) is 8.21. The molecule has 2 heterocycles. The van der Waals surface area contributed by atoms with Gasteiger partial charge in [0.25, 0.3) is 0 Å². The Morgan fingerprint density at radius 1 is 1.15 bits per heavy atom. The van der Waals surface area contributed by atoms with Gasteiger partial charge < -0.3 is 5.32 Å². The fraction of sp³-hybridized carbons (Fsp3) is 0.407. The number of amides is 1. The van der Waals surface area contributed by atoms with Gasteiger partial charge in [-0.25, -0.2) is 17.8 Å². The van der Waals surface area contributed by atoms with Crippen LogP contribution in [0.1, 0.15) is 67.0 Å². The molecule has 3 aromatic rings. The highest BCUT2D eigenvalue weighted by molar-refractivity contribution is 7.91. The van der Waals surface area contributed by atoms with E-state index in [4.69, 9.17) is 0 Å². The SMILES string of the molecule is CCS(=O)(=O)c1ccc(CC(=O)Nc2nc3c(s2)CN([C@H](C)c2ccc(C(F)(F)F)cc2F)[C@H]3C(C)C)cc1. The maximum Gasteiger partial charge on any atom is 0.416 e. The largest absolute Gasteiger partial charge is 0.416 e. The average Bonchev–Trinajstić information content (AvgIpc) is 3.40. The molecule has 1 aliphatic heterocycles. The summed E-state index contributed by atoms with van der Waals surface area (Å²) < 4.78 is 77.7. The van der Waals surface area contributed by atoms with E-state index in [1.807, 2.05) is 18.7 Å². The number of carbonyl (C=O) groups is 1. The lowest BCUT2D eigenvalue weighted by molar-refractivity contribution is -0.137. The molecule has 1 N–H and O–H groups in total. The molecule has 0 radical (unpaired) electrons. The minimum atomic E-state index is -4.62. The van der Waals surface area contributed by atoms with E-state index in [1.165, 1.54) is 29.5 Å². The number of aromatic nitrogens is 1. The first-order valence-corrected chi connectivity index (χ1v) is 14.9. The molecule has 1 amide bonds. The third kappa shape index (κ3) is 6.17. The Bertz CT molecular complexity index is 1470. The van der Waals surface area contributed by atoms with Gasteiger partial charge in [-0.1, -0.05) is 39.0 Å². The summed E-state index contributed by atoms with van der Waals surface area (Å²) >= 11 is 1.31. The van der Waals surface area contributed by atoms with Gasteiger partial charge in [-0.2, -0.15) is 13.2 Å². The summed E-state index contributed by atoms with van der Waals surface area (Å²) in [6.07, 6.45) is -4.58. The lowest BCUT2D eigenvalue weighted by Gasteiger charge is -2.33. The molecule has 2 atom stereocenters. The van der Waals surface area contributed by atoms with Crippen molar-refractivity contribution in [3.05, 3.63) is 75.5 Å². The fourth-order valence-corrected chi connectivity index (χ4v) is 6.72. The zero-order valence-electron chi connectivity index (χ0n) is 21.8. The van der Waals surface area contributed by atoms with Gasteiger partial charge in [0.05, 0.1) is 34.4 Å². The highest BCUT2D eigenvalue weighted by Gasteiger charge is 2.40. The molecule has 210 valence electrons. The smallest absolute Gasteiger partial charge is 0.302 e. The van der Waals surface area contributed by atoms with Crippen LogP contribution < -0.4 is 5.32 Å². The molecule has 0 fully saturated rings. The Morgan fingerprint density at radius 3 is 2.38 bits per heavy atom. The predicted octanol–water partition coefficient (Wildman–Crippen LogP) is 6.55. The fourth-order valence-electron chi connectivity index (χ4n) is 4.81.